The van der Waals surface area contributed by atoms with Crippen molar-refractivity contribution in [3.63, 3.8) is 0 Å². The van der Waals surface area contributed by atoms with E-state index in [0.717, 1.165) is 25.1 Å². The van der Waals surface area contributed by atoms with Gasteiger partial charge in [-0.25, -0.2) is 9.97 Å². The van der Waals surface area contributed by atoms with Gasteiger partial charge in [-0.1, -0.05) is 0 Å². The third kappa shape index (κ3) is 3.76. The molecule has 2 fully saturated rings. The van der Waals surface area contributed by atoms with Crippen molar-refractivity contribution in [2.75, 3.05) is 6.54 Å². The fraction of sp³-hybridized carbons (Fsp3) is 0.333. The number of hydrogen-bond acceptors (Lipinski definition) is 6. The number of alkyl halides is 3. The number of piperidine rings is 1. The quantitative estimate of drug-likeness (QED) is 0.598. The second-order valence-corrected chi connectivity index (χ2v) is 8.53. The standard InChI is InChI=1S/C21H17F3N4O2S/c22-21(23,24)13-3-4-17(27-10-13)30-16-9-12-8-15(16)28(11-12)20(29)14-2-1-5-25-18(14)19-26-6-7-31-19/h1-7,10,12,15-16H,8-9,11H2. The number of likely N-dealkylation sites (tertiary alicyclic amines) is 1. The van der Waals surface area contributed by atoms with Crippen LogP contribution in [0.1, 0.15) is 28.8 Å². The van der Waals surface area contributed by atoms with Crippen LogP contribution in [-0.2, 0) is 6.18 Å². The summed E-state index contributed by atoms with van der Waals surface area (Å²) < 4.78 is 44.1. The molecule has 0 spiro atoms. The van der Waals surface area contributed by atoms with Crippen molar-refractivity contribution in [1.82, 2.24) is 19.9 Å². The Morgan fingerprint density at radius 1 is 1.13 bits per heavy atom. The number of thiazole rings is 1. The molecule has 2 bridgehead atoms. The molecule has 10 heteroatoms. The van der Waals surface area contributed by atoms with Gasteiger partial charge in [0.15, 0.2) is 0 Å². The number of fused-ring (bicyclic) bond motifs is 2. The Bertz CT molecular complexity index is 1090. The van der Waals surface area contributed by atoms with E-state index >= 15 is 0 Å². The highest BCUT2D eigenvalue weighted by molar-refractivity contribution is 7.13. The van der Waals surface area contributed by atoms with Gasteiger partial charge in [0.25, 0.3) is 5.91 Å². The Morgan fingerprint density at radius 2 is 2.00 bits per heavy atom. The van der Waals surface area contributed by atoms with Crippen LogP contribution in [0.25, 0.3) is 10.7 Å². The molecule has 3 atom stereocenters. The van der Waals surface area contributed by atoms with Crippen LogP contribution in [0.2, 0.25) is 0 Å². The molecular weight excluding hydrogens is 429 g/mol. The molecule has 0 aromatic carbocycles. The molecule has 4 heterocycles. The van der Waals surface area contributed by atoms with E-state index in [9.17, 15) is 18.0 Å². The van der Waals surface area contributed by atoms with Gasteiger partial charge in [0, 0.05) is 36.6 Å². The number of carbonyl (C=O) groups excluding carboxylic acids is 1. The van der Waals surface area contributed by atoms with E-state index in [2.05, 4.69) is 15.0 Å². The van der Waals surface area contributed by atoms with E-state index in [1.54, 1.807) is 29.4 Å². The molecule has 6 nitrogen and oxygen atoms in total. The highest BCUT2D eigenvalue weighted by Crippen LogP contribution is 2.41. The summed E-state index contributed by atoms with van der Waals surface area (Å²) in [6.07, 6.45) is 0.842. The predicted molar refractivity (Wildman–Crippen MR) is 107 cm³/mol. The predicted octanol–water partition coefficient (Wildman–Crippen LogP) is 4.30. The number of ether oxygens (including phenoxy) is 1. The highest BCUT2D eigenvalue weighted by atomic mass is 32.1. The number of pyridine rings is 2. The van der Waals surface area contributed by atoms with Gasteiger partial charge in [-0.05, 0) is 37.0 Å². The Hall–Kier alpha value is -3.01. The SMILES string of the molecule is O=C(c1cccnc1-c1nccs1)N1CC2CC(Oc3ccc(C(F)(F)F)cn3)C1C2. The van der Waals surface area contributed by atoms with E-state index in [4.69, 9.17) is 4.74 Å². The average molecular weight is 446 g/mol. The third-order valence-electron chi connectivity index (χ3n) is 5.69. The lowest BCUT2D eigenvalue weighted by atomic mass is 10.1. The van der Waals surface area contributed by atoms with Crippen LogP contribution in [0.15, 0.2) is 48.2 Å². The first-order chi connectivity index (χ1) is 14.9. The molecule has 3 unspecified atom stereocenters. The Balaban J connectivity index is 1.35. The van der Waals surface area contributed by atoms with Gasteiger partial charge in [0.1, 0.15) is 16.8 Å². The molecule has 31 heavy (non-hydrogen) atoms. The highest BCUT2D eigenvalue weighted by Gasteiger charge is 2.49. The van der Waals surface area contributed by atoms with E-state index in [1.165, 1.54) is 17.4 Å². The minimum Gasteiger partial charge on any atom is -0.472 e. The number of nitrogens with zero attached hydrogens (tertiary/aromatic N) is 4. The number of carbonyl (C=O) groups is 1. The zero-order valence-electron chi connectivity index (χ0n) is 16.1. The van der Waals surface area contributed by atoms with Gasteiger partial charge in [-0.15, -0.1) is 11.3 Å². The van der Waals surface area contributed by atoms with Crippen molar-refractivity contribution in [2.45, 2.75) is 31.2 Å². The largest absolute Gasteiger partial charge is 0.472 e. The van der Waals surface area contributed by atoms with E-state index in [-0.39, 0.29) is 29.9 Å². The lowest BCUT2D eigenvalue weighted by Crippen LogP contribution is -2.47. The van der Waals surface area contributed by atoms with Gasteiger partial charge < -0.3 is 9.64 Å². The fourth-order valence-electron chi connectivity index (χ4n) is 4.34. The van der Waals surface area contributed by atoms with Gasteiger partial charge in [0.05, 0.1) is 17.2 Å². The zero-order valence-corrected chi connectivity index (χ0v) is 16.9. The molecule has 1 saturated carbocycles. The summed E-state index contributed by atoms with van der Waals surface area (Å²) in [5.41, 5.74) is 0.208. The molecule has 3 aromatic heterocycles. The minimum atomic E-state index is -4.44. The van der Waals surface area contributed by atoms with E-state index < -0.39 is 11.7 Å². The lowest BCUT2D eigenvalue weighted by molar-refractivity contribution is -0.137. The zero-order chi connectivity index (χ0) is 21.6. The van der Waals surface area contributed by atoms with E-state index in [0.29, 0.717) is 22.8 Å². The summed E-state index contributed by atoms with van der Waals surface area (Å²) in [6, 6.07) is 5.48. The van der Waals surface area contributed by atoms with Gasteiger partial charge in [0.2, 0.25) is 5.88 Å². The van der Waals surface area contributed by atoms with Crippen molar-refractivity contribution in [3.05, 3.63) is 59.4 Å². The summed E-state index contributed by atoms with van der Waals surface area (Å²) in [5.74, 6) is 0.274. The normalized spacial score (nSPS) is 22.7. The maximum absolute atomic E-state index is 13.4. The summed E-state index contributed by atoms with van der Waals surface area (Å²) >= 11 is 1.41. The number of amides is 1. The van der Waals surface area contributed by atoms with Crippen molar-refractivity contribution in [3.8, 4) is 16.6 Å². The fourth-order valence-corrected chi connectivity index (χ4v) is 4.99. The molecule has 5 rings (SSSR count). The average Bonchev–Trinajstić information content (AvgIpc) is 3.50. The van der Waals surface area contributed by atoms with Crippen LogP contribution < -0.4 is 4.74 Å². The number of hydrogen-bond donors (Lipinski definition) is 0. The van der Waals surface area contributed by atoms with Crippen molar-refractivity contribution in [1.29, 1.82) is 0 Å². The maximum Gasteiger partial charge on any atom is 0.417 e. The second kappa shape index (κ2) is 7.60. The van der Waals surface area contributed by atoms with E-state index in [1.807, 2.05) is 5.38 Å². The molecule has 1 saturated heterocycles. The molecule has 3 aromatic rings. The Kier molecular flexibility index (Phi) is 4.88. The van der Waals surface area contributed by atoms with Crippen molar-refractivity contribution >= 4 is 17.2 Å². The Labute approximate surface area is 179 Å². The van der Waals surface area contributed by atoms with Gasteiger partial charge >= 0.3 is 6.18 Å². The molecule has 0 radical (unpaired) electrons. The van der Waals surface area contributed by atoms with Gasteiger partial charge in [-0.3, -0.25) is 9.78 Å². The molecule has 1 aliphatic carbocycles. The van der Waals surface area contributed by atoms with Crippen molar-refractivity contribution in [2.24, 2.45) is 5.92 Å². The number of rotatable bonds is 4. The maximum atomic E-state index is 13.4. The Morgan fingerprint density at radius 3 is 2.68 bits per heavy atom. The first kappa shape index (κ1) is 19.9. The van der Waals surface area contributed by atoms with Crippen LogP contribution in [0.3, 0.4) is 0 Å². The monoisotopic (exact) mass is 446 g/mol. The third-order valence-corrected chi connectivity index (χ3v) is 6.47. The minimum absolute atomic E-state index is 0.128. The lowest BCUT2D eigenvalue weighted by Gasteiger charge is -2.33. The van der Waals surface area contributed by atoms with Gasteiger partial charge in [-0.2, -0.15) is 13.2 Å². The summed E-state index contributed by atoms with van der Waals surface area (Å²) in [6.45, 7) is 0.621. The number of aromatic nitrogens is 3. The number of halogens is 3. The summed E-state index contributed by atoms with van der Waals surface area (Å²) in [5, 5.41) is 2.51. The van der Waals surface area contributed by atoms with Crippen molar-refractivity contribution < 1.29 is 22.7 Å². The van der Waals surface area contributed by atoms with Crippen LogP contribution in [0.5, 0.6) is 5.88 Å². The first-order valence-corrected chi connectivity index (χ1v) is 10.6. The molecular formula is C21H17F3N4O2S. The molecule has 2 aliphatic rings. The molecule has 1 aliphatic heterocycles. The molecule has 0 N–H and O–H groups in total. The first-order valence-electron chi connectivity index (χ1n) is 9.76. The molecule has 160 valence electrons. The van der Waals surface area contributed by atoms with Crippen LogP contribution in [-0.4, -0.2) is 44.4 Å². The summed E-state index contributed by atoms with van der Waals surface area (Å²) in [4.78, 5) is 27.6. The van der Waals surface area contributed by atoms with Crippen LogP contribution in [0.4, 0.5) is 13.2 Å². The van der Waals surface area contributed by atoms with Crippen LogP contribution >= 0.6 is 11.3 Å². The summed E-state index contributed by atoms with van der Waals surface area (Å²) in [7, 11) is 0. The topological polar surface area (TPSA) is 68.2 Å². The van der Waals surface area contributed by atoms with Crippen LogP contribution in [0, 0.1) is 5.92 Å². The molecule has 1 amide bonds. The second-order valence-electron chi connectivity index (χ2n) is 7.64. The smallest absolute Gasteiger partial charge is 0.417 e.